The quantitative estimate of drug-likeness (QED) is 0.335. The molecule has 5 nitrogen and oxygen atoms in total. The topological polar surface area (TPSA) is 55.2 Å². The zero-order valence-corrected chi connectivity index (χ0v) is 21.9. The van der Waals surface area contributed by atoms with E-state index in [2.05, 4.69) is 39.0 Å². The third kappa shape index (κ3) is 4.84. The molecule has 1 spiro atoms. The van der Waals surface area contributed by atoms with Gasteiger partial charge >= 0.3 is 0 Å². The first-order chi connectivity index (χ1) is 16.5. The van der Waals surface area contributed by atoms with Gasteiger partial charge < -0.3 is 4.90 Å². The fraction of sp³-hybridized carbons (Fsp3) is 0.607. The molecule has 2 aromatic rings. The van der Waals surface area contributed by atoms with E-state index in [-0.39, 0.29) is 16.9 Å². The molecular weight excluding hydrogens is 442 g/mol. The predicted octanol–water partition coefficient (Wildman–Crippen LogP) is 5.82. The molecule has 1 aromatic heterocycles. The fourth-order valence-corrected chi connectivity index (χ4v) is 6.79. The van der Waals surface area contributed by atoms with Gasteiger partial charge in [0.1, 0.15) is 0 Å². The molecule has 0 aliphatic heterocycles. The summed E-state index contributed by atoms with van der Waals surface area (Å²) >= 11 is 1.43. The summed E-state index contributed by atoms with van der Waals surface area (Å²) in [6, 6.07) is 8.47. The highest BCUT2D eigenvalue weighted by Crippen LogP contribution is 2.48. The number of fused-ring (bicyclic) bond motifs is 4. The summed E-state index contributed by atoms with van der Waals surface area (Å²) in [4.78, 5) is 34.2. The van der Waals surface area contributed by atoms with Crippen LogP contribution in [0.1, 0.15) is 83.3 Å². The van der Waals surface area contributed by atoms with Crippen LogP contribution in [-0.4, -0.2) is 39.2 Å². The lowest BCUT2D eigenvalue weighted by Gasteiger charge is -2.42. The van der Waals surface area contributed by atoms with Gasteiger partial charge in [-0.05, 0) is 44.1 Å². The van der Waals surface area contributed by atoms with Crippen molar-refractivity contribution in [3.8, 4) is 11.3 Å². The summed E-state index contributed by atoms with van der Waals surface area (Å²) < 4.78 is 1.87. The summed E-state index contributed by atoms with van der Waals surface area (Å²) in [6.45, 7) is 8.50. The molecule has 4 rings (SSSR count). The number of rotatable bonds is 9. The maximum absolute atomic E-state index is 14.1. The number of aromatic nitrogens is 2. The van der Waals surface area contributed by atoms with E-state index in [4.69, 9.17) is 4.98 Å². The Hall–Kier alpha value is -2.08. The molecule has 0 unspecified atom stereocenters. The average Bonchev–Trinajstić information content (AvgIpc) is 2.84. The Labute approximate surface area is 208 Å². The van der Waals surface area contributed by atoms with E-state index in [1.807, 2.05) is 15.5 Å². The summed E-state index contributed by atoms with van der Waals surface area (Å²) in [5.74, 6) is 0.453. The molecule has 2 aliphatic rings. The van der Waals surface area contributed by atoms with Crippen molar-refractivity contribution in [3.63, 3.8) is 0 Å². The van der Waals surface area contributed by atoms with E-state index >= 15 is 0 Å². The number of amides is 1. The molecule has 6 heteroatoms. The normalized spacial score (nSPS) is 16.2. The van der Waals surface area contributed by atoms with Crippen LogP contribution in [0.3, 0.4) is 0 Å². The Morgan fingerprint density at radius 3 is 2.44 bits per heavy atom. The van der Waals surface area contributed by atoms with Crippen LogP contribution in [0, 0.1) is 0 Å². The molecule has 0 atom stereocenters. The molecule has 1 amide bonds. The van der Waals surface area contributed by atoms with Crippen LogP contribution in [0.5, 0.6) is 0 Å². The van der Waals surface area contributed by atoms with Crippen molar-refractivity contribution in [3.05, 3.63) is 45.7 Å². The van der Waals surface area contributed by atoms with Crippen molar-refractivity contribution in [2.24, 2.45) is 0 Å². The molecule has 0 saturated heterocycles. The second-order valence-corrected chi connectivity index (χ2v) is 10.9. The predicted molar refractivity (Wildman–Crippen MR) is 141 cm³/mol. The third-order valence-electron chi connectivity index (χ3n) is 7.39. The smallest absolute Gasteiger partial charge is 0.258 e. The monoisotopic (exact) mass is 481 g/mol. The number of benzene rings is 1. The maximum atomic E-state index is 14.1. The Morgan fingerprint density at radius 1 is 1.06 bits per heavy atom. The largest absolute Gasteiger partial charge is 0.342 e. The molecule has 34 heavy (non-hydrogen) atoms. The fourth-order valence-electron chi connectivity index (χ4n) is 5.87. The van der Waals surface area contributed by atoms with Crippen LogP contribution in [0.2, 0.25) is 0 Å². The van der Waals surface area contributed by atoms with Gasteiger partial charge in [0.25, 0.3) is 5.56 Å². The molecule has 0 radical (unpaired) electrons. The maximum Gasteiger partial charge on any atom is 0.258 e. The number of carbonyl (C=O) groups excluding carboxylic acids is 1. The summed E-state index contributed by atoms with van der Waals surface area (Å²) in [6.07, 6.45) is 9.42. The minimum absolute atomic E-state index is 0.0976. The second-order valence-electron chi connectivity index (χ2n) is 9.92. The number of hydrogen-bond acceptors (Lipinski definition) is 4. The zero-order valence-electron chi connectivity index (χ0n) is 21.1. The van der Waals surface area contributed by atoms with Gasteiger partial charge in [-0.15, -0.1) is 0 Å². The first-order valence-corrected chi connectivity index (χ1v) is 14.2. The van der Waals surface area contributed by atoms with Crippen LogP contribution in [-0.2, 0) is 23.2 Å². The number of hydrogen-bond donors (Lipinski definition) is 0. The van der Waals surface area contributed by atoms with Crippen molar-refractivity contribution in [2.45, 2.75) is 95.7 Å². The van der Waals surface area contributed by atoms with Gasteiger partial charge in [0.05, 0.1) is 17.0 Å². The molecule has 0 N–H and O–H groups in total. The second kappa shape index (κ2) is 11.1. The highest BCUT2D eigenvalue weighted by Gasteiger charge is 2.43. The molecule has 2 aliphatic carbocycles. The van der Waals surface area contributed by atoms with Gasteiger partial charge in [-0.2, -0.15) is 0 Å². The molecule has 1 saturated carbocycles. The van der Waals surface area contributed by atoms with E-state index < -0.39 is 0 Å². The number of thioether (sulfide) groups is 1. The first-order valence-electron chi connectivity index (χ1n) is 13.2. The van der Waals surface area contributed by atoms with Gasteiger partial charge in [-0.1, -0.05) is 76.1 Å². The average molecular weight is 482 g/mol. The summed E-state index contributed by atoms with van der Waals surface area (Å²) in [5, 5.41) is 0.689. The van der Waals surface area contributed by atoms with Crippen molar-refractivity contribution in [2.75, 3.05) is 18.8 Å². The SMILES string of the molecule is CCCN(CCC)C(=O)CSc1nc2c(c(=O)n1CCC)C1(CCCCC1)Cc1ccccc1-2. The van der Waals surface area contributed by atoms with Gasteiger partial charge in [0.15, 0.2) is 5.16 Å². The molecule has 1 fully saturated rings. The highest BCUT2D eigenvalue weighted by molar-refractivity contribution is 7.99. The lowest BCUT2D eigenvalue weighted by molar-refractivity contribution is -0.128. The zero-order chi connectivity index (χ0) is 24.1. The van der Waals surface area contributed by atoms with E-state index in [0.717, 1.165) is 68.4 Å². The third-order valence-corrected chi connectivity index (χ3v) is 8.35. The van der Waals surface area contributed by atoms with Gasteiger partial charge in [0, 0.05) is 30.6 Å². The van der Waals surface area contributed by atoms with Crippen LogP contribution in [0.4, 0.5) is 0 Å². The molecule has 0 bridgehead atoms. The van der Waals surface area contributed by atoms with Gasteiger partial charge in [-0.25, -0.2) is 4.98 Å². The molecule has 1 heterocycles. The Kier molecular flexibility index (Phi) is 8.18. The molecular formula is C28H39N3O2S. The summed E-state index contributed by atoms with van der Waals surface area (Å²) in [7, 11) is 0. The van der Waals surface area contributed by atoms with E-state index in [9.17, 15) is 9.59 Å². The van der Waals surface area contributed by atoms with Crippen LogP contribution in [0.25, 0.3) is 11.3 Å². The van der Waals surface area contributed by atoms with Crippen molar-refractivity contribution in [1.29, 1.82) is 0 Å². The molecule has 1 aromatic carbocycles. The number of nitrogens with zero attached hydrogens (tertiary/aromatic N) is 3. The lowest BCUT2D eigenvalue weighted by atomic mass is 9.62. The summed E-state index contributed by atoms with van der Waals surface area (Å²) in [5.41, 5.74) is 4.24. The standard InChI is InChI=1S/C28H39N3O2S/c1-4-16-30(17-5-2)23(32)20-34-27-29-25-22-13-9-8-12-21(22)19-28(14-10-7-11-15-28)24(25)26(33)31(27)18-6-3/h8-9,12-13H,4-7,10-11,14-20H2,1-3H3. The Morgan fingerprint density at radius 2 is 1.76 bits per heavy atom. The Bertz CT molecular complexity index is 1070. The lowest BCUT2D eigenvalue weighted by Crippen LogP contribution is -2.43. The van der Waals surface area contributed by atoms with Gasteiger partial charge in [-0.3, -0.25) is 14.2 Å². The van der Waals surface area contributed by atoms with Crippen LogP contribution < -0.4 is 5.56 Å². The number of carbonyl (C=O) groups is 1. The molecule has 184 valence electrons. The van der Waals surface area contributed by atoms with Gasteiger partial charge in [0.2, 0.25) is 5.91 Å². The van der Waals surface area contributed by atoms with E-state index in [1.54, 1.807) is 0 Å². The van der Waals surface area contributed by atoms with Crippen molar-refractivity contribution >= 4 is 17.7 Å². The van der Waals surface area contributed by atoms with Crippen LogP contribution in [0.15, 0.2) is 34.2 Å². The van der Waals surface area contributed by atoms with Crippen molar-refractivity contribution < 1.29 is 4.79 Å². The van der Waals surface area contributed by atoms with Crippen molar-refractivity contribution in [1.82, 2.24) is 14.5 Å². The Balaban J connectivity index is 1.77. The highest BCUT2D eigenvalue weighted by atomic mass is 32.2. The van der Waals surface area contributed by atoms with E-state index in [1.165, 1.54) is 36.6 Å². The van der Waals surface area contributed by atoms with Crippen LogP contribution >= 0.6 is 11.8 Å². The first kappa shape index (κ1) is 25.0. The minimum atomic E-state index is -0.0976. The minimum Gasteiger partial charge on any atom is -0.342 e. The van der Waals surface area contributed by atoms with E-state index in [0.29, 0.717) is 17.5 Å².